The van der Waals surface area contributed by atoms with Crippen molar-refractivity contribution in [2.24, 2.45) is 0 Å². The minimum Gasteiger partial charge on any atom is -0.459 e. The summed E-state index contributed by atoms with van der Waals surface area (Å²) in [5.74, 6) is -1.57. The number of Topliss-reactive ketones (excluding diaryl/α,β-unsaturated/α-hetero) is 1. The number of hydrogen-bond donors (Lipinski definition) is 2. The molecule has 0 fully saturated rings. The molecule has 0 spiro atoms. The summed E-state index contributed by atoms with van der Waals surface area (Å²) in [6.07, 6.45) is 3.10. The van der Waals surface area contributed by atoms with Gasteiger partial charge in [-0.1, -0.05) is 0 Å². The van der Waals surface area contributed by atoms with Crippen molar-refractivity contribution >= 4 is 23.9 Å². The van der Waals surface area contributed by atoms with Crippen LogP contribution < -0.4 is 5.32 Å². The Labute approximate surface area is 140 Å². The van der Waals surface area contributed by atoms with Crippen LogP contribution in [0.2, 0.25) is 0 Å². The maximum absolute atomic E-state index is 12.2. The highest BCUT2D eigenvalue weighted by Gasteiger charge is 2.25. The highest BCUT2D eigenvalue weighted by Crippen LogP contribution is 2.06. The number of nitrogens with one attached hydrogen (secondary N) is 2. The number of carbonyl (C=O) groups is 3. The van der Waals surface area contributed by atoms with Crippen LogP contribution in [0.1, 0.15) is 25.3 Å². The first-order chi connectivity index (χ1) is 11.5. The van der Waals surface area contributed by atoms with E-state index in [0.29, 0.717) is 6.21 Å². The Morgan fingerprint density at radius 1 is 1.33 bits per heavy atom. The van der Waals surface area contributed by atoms with Gasteiger partial charge in [0.25, 0.3) is 0 Å². The van der Waals surface area contributed by atoms with Crippen molar-refractivity contribution in [1.29, 1.82) is 5.41 Å². The van der Waals surface area contributed by atoms with Crippen molar-refractivity contribution in [3.63, 3.8) is 0 Å². The Bertz CT molecular complexity index is 576. The second-order valence-corrected chi connectivity index (χ2v) is 5.05. The van der Waals surface area contributed by atoms with Crippen LogP contribution in [-0.2, 0) is 30.5 Å². The van der Waals surface area contributed by atoms with Crippen molar-refractivity contribution in [3.05, 3.63) is 30.1 Å². The van der Waals surface area contributed by atoms with Crippen LogP contribution in [0.25, 0.3) is 0 Å². The first-order valence-electron chi connectivity index (χ1n) is 7.40. The van der Waals surface area contributed by atoms with E-state index in [1.807, 2.05) is 0 Å². The topological polar surface area (TPSA) is 118 Å². The van der Waals surface area contributed by atoms with Crippen molar-refractivity contribution in [3.8, 4) is 0 Å². The van der Waals surface area contributed by atoms with Crippen LogP contribution in [0.4, 0.5) is 0 Å². The molecule has 1 aromatic heterocycles. The molecule has 2 N–H and O–H groups in total. The van der Waals surface area contributed by atoms with Gasteiger partial charge < -0.3 is 20.2 Å². The van der Waals surface area contributed by atoms with E-state index < -0.39 is 29.8 Å². The first-order valence-corrected chi connectivity index (χ1v) is 7.40. The predicted molar refractivity (Wildman–Crippen MR) is 85.5 cm³/mol. The van der Waals surface area contributed by atoms with Gasteiger partial charge in [0, 0.05) is 25.9 Å². The summed E-state index contributed by atoms with van der Waals surface area (Å²) in [4.78, 5) is 39.2. The molecule has 2 atom stereocenters. The second-order valence-electron chi connectivity index (χ2n) is 5.05. The summed E-state index contributed by atoms with van der Waals surface area (Å²) >= 11 is 0. The molecule has 0 bridgehead atoms. The number of nitrogens with zero attached hydrogens (tertiary/aromatic N) is 1. The van der Waals surface area contributed by atoms with Gasteiger partial charge in [-0.2, -0.15) is 0 Å². The van der Waals surface area contributed by atoms with Gasteiger partial charge in [-0.3, -0.25) is 14.6 Å². The Balaban J connectivity index is 2.67. The molecule has 0 saturated carbocycles. The fourth-order valence-electron chi connectivity index (χ4n) is 1.74. The molecule has 0 unspecified atom stereocenters. The standard InChI is InChI=1S/C16H21N3O5/c1-11(23-2)15(21)19-14(4-3-13(20)9-17)16(22)24-10-12-5-7-18-8-6-12/h5-9,11,14,17H,3-4,10H2,1-2H3,(H,19,21)/t11-,14-/m0/s1. The fourth-order valence-corrected chi connectivity index (χ4v) is 1.74. The van der Waals surface area contributed by atoms with Crippen LogP contribution in [0.3, 0.4) is 0 Å². The number of ketones is 1. The number of esters is 1. The quantitative estimate of drug-likeness (QED) is 0.478. The van der Waals surface area contributed by atoms with E-state index in [2.05, 4.69) is 10.3 Å². The number of ether oxygens (including phenoxy) is 2. The van der Waals surface area contributed by atoms with Gasteiger partial charge in [0.1, 0.15) is 18.8 Å². The monoisotopic (exact) mass is 335 g/mol. The summed E-state index contributed by atoms with van der Waals surface area (Å²) in [6.45, 7) is 1.57. The molecule has 1 rings (SSSR count). The lowest BCUT2D eigenvalue weighted by Gasteiger charge is -2.19. The number of aromatic nitrogens is 1. The third kappa shape index (κ3) is 6.66. The van der Waals surface area contributed by atoms with E-state index in [0.717, 1.165) is 5.56 Å². The molecular weight excluding hydrogens is 314 g/mol. The average Bonchev–Trinajstić information content (AvgIpc) is 2.62. The molecule has 0 aromatic carbocycles. The number of carbonyl (C=O) groups excluding carboxylic acids is 3. The van der Waals surface area contributed by atoms with Gasteiger partial charge in [0.15, 0.2) is 5.78 Å². The molecule has 0 aliphatic heterocycles. The zero-order chi connectivity index (χ0) is 17.9. The molecule has 130 valence electrons. The largest absolute Gasteiger partial charge is 0.459 e. The summed E-state index contributed by atoms with van der Waals surface area (Å²) in [5, 5.41) is 9.39. The molecule has 8 heteroatoms. The molecule has 8 nitrogen and oxygen atoms in total. The highest BCUT2D eigenvalue weighted by atomic mass is 16.5. The van der Waals surface area contributed by atoms with E-state index in [4.69, 9.17) is 14.9 Å². The maximum atomic E-state index is 12.2. The number of rotatable bonds is 10. The van der Waals surface area contributed by atoms with Gasteiger partial charge >= 0.3 is 5.97 Å². The SMILES string of the molecule is CO[C@@H](C)C(=O)N[C@@H](CCC(=O)C=N)C(=O)OCc1ccncc1. The molecule has 0 saturated heterocycles. The third-order valence-corrected chi connectivity index (χ3v) is 3.29. The third-order valence-electron chi connectivity index (χ3n) is 3.29. The second kappa shape index (κ2) is 10.2. The molecule has 1 aromatic rings. The van der Waals surface area contributed by atoms with Gasteiger partial charge in [-0.05, 0) is 31.0 Å². The lowest BCUT2D eigenvalue weighted by atomic mass is 10.1. The molecule has 0 aliphatic carbocycles. The van der Waals surface area contributed by atoms with Gasteiger partial charge in [-0.25, -0.2) is 4.79 Å². The molecule has 0 aliphatic rings. The molecular formula is C16H21N3O5. The average molecular weight is 335 g/mol. The fraction of sp³-hybridized carbons (Fsp3) is 0.438. The zero-order valence-corrected chi connectivity index (χ0v) is 13.7. The summed E-state index contributed by atoms with van der Waals surface area (Å²) in [5.41, 5.74) is 0.754. The van der Waals surface area contributed by atoms with E-state index in [9.17, 15) is 14.4 Å². The van der Waals surface area contributed by atoms with Crippen molar-refractivity contribution in [1.82, 2.24) is 10.3 Å². The van der Waals surface area contributed by atoms with Crippen LogP contribution in [0.5, 0.6) is 0 Å². The van der Waals surface area contributed by atoms with Crippen LogP contribution in [0, 0.1) is 5.41 Å². The van der Waals surface area contributed by atoms with Crippen LogP contribution in [-0.4, -0.2) is 48.1 Å². The van der Waals surface area contributed by atoms with Crippen LogP contribution in [0.15, 0.2) is 24.5 Å². The van der Waals surface area contributed by atoms with Crippen molar-refractivity contribution < 1.29 is 23.9 Å². The first kappa shape index (κ1) is 19.4. The van der Waals surface area contributed by atoms with Crippen LogP contribution >= 0.6 is 0 Å². The number of amides is 1. The maximum Gasteiger partial charge on any atom is 0.328 e. The molecule has 1 heterocycles. The summed E-state index contributed by atoms with van der Waals surface area (Å²) in [6, 6.07) is 2.42. The van der Waals surface area contributed by atoms with Gasteiger partial charge in [0.05, 0.1) is 6.21 Å². The van der Waals surface area contributed by atoms with Crippen molar-refractivity contribution in [2.45, 2.75) is 38.5 Å². The van der Waals surface area contributed by atoms with Crippen molar-refractivity contribution in [2.75, 3.05) is 7.11 Å². The van der Waals surface area contributed by atoms with E-state index in [1.54, 1.807) is 24.5 Å². The normalized spacial score (nSPS) is 12.8. The zero-order valence-electron chi connectivity index (χ0n) is 13.7. The van der Waals surface area contributed by atoms with E-state index in [1.165, 1.54) is 14.0 Å². The highest BCUT2D eigenvalue weighted by molar-refractivity contribution is 6.26. The minimum absolute atomic E-state index is 0.0338. The Morgan fingerprint density at radius 2 is 2.00 bits per heavy atom. The van der Waals surface area contributed by atoms with Gasteiger partial charge in [0.2, 0.25) is 5.91 Å². The predicted octanol–water partition coefficient (Wildman–Crippen LogP) is 0.643. The summed E-state index contributed by atoms with van der Waals surface area (Å²) in [7, 11) is 1.37. The minimum atomic E-state index is -0.985. The number of methoxy groups -OCH3 is 1. The number of hydrogen-bond acceptors (Lipinski definition) is 7. The Kier molecular flexibility index (Phi) is 8.28. The molecule has 0 radical (unpaired) electrons. The molecule has 24 heavy (non-hydrogen) atoms. The Hall–Kier alpha value is -2.61. The lowest BCUT2D eigenvalue weighted by molar-refractivity contribution is -0.150. The van der Waals surface area contributed by atoms with Gasteiger partial charge in [-0.15, -0.1) is 0 Å². The Morgan fingerprint density at radius 3 is 2.58 bits per heavy atom. The lowest BCUT2D eigenvalue weighted by Crippen LogP contribution is -2.46. The number of pyridine rings is 1. The van der Waals surface area contributed by atoms with E-state index in [-0.39, 0.29) is 19.4 Å². The summed E-state index contributed by atoms with van der Waals surface area (Å²) < 4.78 is 10.1. The molecule has 1 amide bonds. The van der Waals surface area contributed by atoms with E-state index >= 15 is 0 Å². The smallest absolute Gasteiger partial charge is 0.328 e.